The zero-order valence-corrected chi connectivity index (χ0v) is 18.4. The van der Waals surface area contributed by atoms with Crippen molar-refractivity contribution in [2.45, 2.75) is 18.9 Å². The normalized spacial score (nSPS) is 14.6. The van der Waals surface area contributed by atoms with Crippen LogP contribution in [0.1, 0.15) is 18.9 Å². The first-order chi connectivity index (χ1) is 15.7. The molecule has 1 aliphatic heterocycles. The molecule has 0 saturated carbocycles. The maximum Gasteiger partial charge on any atom is 0.203 e. The summed E-state index contributed by atoms with van der Waals surface area (Å²) >= 11 is 0. The Morgan fingerprint density at radius 3 is 2.44 bits per heavy atom. The second-order valence-corrected chi connectivity index (χ2v) is 7.79. The van der Waals surface area contributed by atoms with Crippen LogP contribution in [0.15, 0.2) is 47.3 Å². The van der Waals surface area contributed by atoms with Gasteiger partial charge in [0.15, 0.2) is 17.1 Å². The van der Waals surface area contributed by atoms with E-state index in [2.05, 4.69) is 26.3 Å². The van der Waals surface area contributed by atoms with E-state index in [0.717, 1.165) is 53.7 Å². The van der Waals surface area contributed by atoms with Crippen LogP contribution in [0.2, 0.25) is 0 Å². The molecular weight excluding hydrogens is 408 g/mol. The molecule has 3 aromatic heterocycles. The number of hydrogen-bond acceptors (Lipinski definition) is 7. The van der Waals surface area contributed by atoms with Gasteiger partial charge in [-0.15, -0.1) is 0 Å². The number of rotatable bonds is 6. The van der Waals surface area contributed by atoms with Crippen LogP contribution in [0, 0.1) is 0 Å². The molecule has 0 bridgehead atoms. The van der Waals surface area contributed by atoms with Gasteiger partial charge in [0, 0.05) is 35.2 Å². The predicted octanol–water partition coefficient (Wildman–Crippen LogP) is 4.31. The monoisotopic (exact) mass is 434 g/mol. The highest BCUT2D eigenvalue weighted by Crippen LogP contribution is 2.42. The van der Waals surface area contributed by atoms with Crippen molar-refractivity contribution >= 4 is 11.1 Å². The average molecular weight is 434 g/mol. The number of nitrogens with one attached hydrogen (secondary N) is 1. The zero-order chi connectivity index (χ0) is 22.1. The minimum Gasteiger partial charge on any atom is -0.493 e. The van der Waals surface area contributed by atoms with E-state index in [1.165, 1.54) is 0 Å². The fourth-order valence-electron chi connectivity index (χ4n) is 4.28. The Hall–Kier alpha value is -3.52. The van der Waals surface area contributed by atoms with Gasteiger partial charge in [0.2, 0.25) is 5.75 Å². The van der Waals surface area contributed by atoms with E-state index in [-0.39, 0.29) is 0 Å². The van der Waals surface area contributed by atoms with Gasteiger partial charge in [-0.3, -0.25) is 9.67 Å². The number of piperidine rings is 1. The molecule has 32 heavy (non-hydrogen) atoms. The molecule has 0 amide bonds. The lowest BCUT2D eigenvalue weighted by molar-refractivity contribution is 0.324. The number of ether oxygens (including phenoxy) is 3. The summed E-state index contributed by atoms with van der Waals surface area (Å²) in [5.41, 5.74) is 4.30. The fourth-order valence-corrected chi connectivity index (χ4v) is 4.28. The maximum absolute atomic E-state index is 6.31. The summed E-state index contributed by atoms with van der Waals surface area (Å²) in [5.74, 6) is 2.35. The van der Waals surface area contributed by atoms with Gasteiger partial charge in [0.05, 0.1) is 33.6 Å². The molecule has 1 N–H and O–H groups in total. The van der Waals surface area contributed by atoms with E-state index in [0.29, 0.717) is 29.1 Å². The van der Waals surface area contributed by atoms with E-state index in [9.17, 15) is 0 Å². The highest BCUT2D eigenvalue weighted by molar-refractivity contribution is 5.92. The van der Waals surface area contributed by atoms with Crippen LogP contribution >= 0.6 is 0 Å². The van der Waals surface area contributed by atoms with Crippen molar-refractivity contribution in [1.82, 2.24) is 20.1 Å². The standard InChI is InChI=1S/C24H26N4O4/c1-29-21-10-15(11-22(30-2)24(21)31-3)20-12-19-23(32-20)18(6-9-26-19)16-13-27-28(14-16)17-4-7-25-8-5-17/h6,9-14,17,25H,4-5,7-8H2,1-3H3. The van der Waals surface area contributed by atoms with Gasteiger partial charge in [0.1, 0.15) is 11.3 Å². The molecule has 4 heterocycles. The van der Waals surface area contributed by atoms with E-state index in [1.54, 1.807) is 27.5 Å². The molecular formula is C24H26N4O4. The Balaban J connectivity index is 1.55. The Bertz CT molecular complexity index is 1220. The lowest BCUT2D eigenvalue weighted by atomic mass is 10.1. The van der Waals surface area contributed by atoms with Gasteiger partial charge in [-0.1, -0.05) is 0 Å². The van der Waals surface area contributed by atoms with Crippen molar-refractivity contribution < 1.29 is 18.6 Å². The van der Waals surface area contributed by atoms with Gasteiger partial charge >= 0.3 is 0 Å². The van der Waals surface area contributed by atoms with Crippen molar-refractivity contribution in [3.8, 4) is 39.7 Å². The average Bonchev–Trinajstić information content (AvgIpc) is 3.51. The molecule has 8 nitrogen and oxygen atoms in total. The van der Waals surface area contributed by atoms with Gasteiger partial charge < -0.3 is 23.9 Å². The molecule has 5 rings (SSSR count). The molecule has 1 fully saturated rings. The molecule has 0 aliphatic carbocycles. The largest absolute Gasteiger partial charge is 0.493 e. The lowest BCUT2D eigenvalue weighted by Gasteiger charge is -2.22. The van der Waals surface area contributed by atoms with Crippen molar-refractivity contribution in [2.75, 3.05) is 34.4 Å². The minimum atomic E-state index is 0.425. The summed E-state index contributed by atoms with van der Waals surface area (Å²) < 4.78 is 24.8. The SMILES string of the molecule is COc1cc(-c2cc3nccc(-c4cnn(C5CCNCC5)c4)c3o2)cc(OC)c1OC. The van der Waals surface area contributed by atoms with Crippen LogP contribution in [-0.4, -0.2) is 49.2 Å². The number of hydrogen-bond donors (Lipinski definition) is 1. The van der Waals surface area contributed by atoms with Crippen LogP contribution in [0.25, 0.3) is 33.6 Å². The van der Waals surface area contributed by atoms with Crippen LogP contribution in [0.5, 0.6) is 17.2 Å². The molecule has 1 saturated heterocycles. The van der Waals surface area contributed by atoms with E-state index in [1.807, 2.05) is 30.5 Å². The predicted molar refractivity (Wildman–Crippen MR) is 121 cm³/mol. The molecule has 1 aromatic carbocycles. The third kappa shape index (κ3) is 3.56. The Morgan fingerprint density at radius 1 is 1.00 bits per heavy atom. The second-order valence-electron chi connectivity index (χ2n) is 7.79. The summed E-state index contributed by atoms with van der Waals surface area (Å²) in [5, 5.41) is 8.03. The van der Waals surface area contributed by atoms with Gasteiger partial charge in [-0.05, 0) is 44.1 Å². The number of furan rings is 1. The van der Waals surface area contributed by atoms with Gasteiger partial charge in [0.25, 0.3) is 0 Å². The Morgan fingerprint density at radius 2 is 1.75 bits per heavy atom. The van der Waals surface area contributed by atoms with Crippen LogP contribution in [-0.2, 0) is 0 Å². The maximum atomic E-state index is 6.31. The fraction of sp³-hybridized carbons (Fsp3) is 0.333. The summed E-state index contributed by atoms with van der Waals surface area (Å²) in [6, 6.07) is 8.06. The molecule has 0 radical (unpaired) electrons. The zero-order valence-electron chi connectivity index (χ0n) is 18.4. The summed E-state index contributed by atoms with van der Waals surface area (Å²) in [6.07, 6.45) is 7.97. The highest BCUT2D eigenvalue weighted by Gasteiger charge is 2.20. The number of benzene rings is 1. The summed E-state index contributed by atoms with van der Waals surface area (Å²) in [7, 11) is 4.78. The molecule has 8 heteroatoms. The van der Waals surface area contributed by atoms with Crippen molar-refractivity contribution in [3.63, 3.8) is 0 Å². The number of aromatic nitrogens is 3. The third-order valence-electron chi connectivity index (χ3n) is 5.96. The number of nitrogens with zero attached hydrogens (tertiary/aromatic N) is 3. The summed E-state index contributed by atoms with van der Waals surface area (Å²) in [4.78, 5) is 4.51. The molecule has 0 atom stereocenters. The first-order valence-corrected chi connectivity index (χ1v) is 10.7. The first kappa shape index (κ1) is 20.4. The van der Waals surface area contributed by atoms with Crippen molar-refractivity contribution in [1.29, 1.82) is 0 Å². The van der Waals surface area contributed by atoms with Crippen LogP contribution in [0.3, 0.4) is 0 Å². The van der Waals surface area contributed by atoms with Gasteiger partial charge in [-0.2, -0.15) is 5.10 Å². The van der Waals surface area contributed by atoms with E-state index in [4.69, 9.17) is 18.6 Å². The van der Waals surface area contributed by atoms with Crippen molar-refractivity contribution in [3.05, 3.63) is 42.9 Å². The molecule has 166 valence electrons. The van der Waals surface area contributed by atoms with Crippen LogP contribution in [0.4, 0.5) is 0 Å². The quantitative estimate of drug-likeness (QED) is 0.484. The molecule has 0 spiro atoms. The van der Waals surface area contributed by atoms with Crippen LogP contribution < -0.4 is 19.5 Å². The third-order valence-corrected chi connectivity index (χ3v) is 5.96. The van der Waals surface area contributed by atoms with Gasteiger partial charge in [-0.25, -0.2) is 0 Å². The number of pyridine rings is 1. The summed E-state index contributed by atoms with van der Waals surface area (Å²) in [6.45, 7) is 2.05. The molecule has 0 unspecified atom stereocenters. The number of fused-ring (bicyclic) bond motifs is 1. The smallest absolute Gasteiger partial charge is 0.203 e. The Labute approximate surface area is 186 Å². The van der Waals surface area contributed by atoms with E-state index < -0.39 is 0 Å². The van der Waals surface area contributed by atoms with E-state index >= 15 is 0 Å². The number of methoxy groups -OCH3 is 3. The lowest BCUT2D eigenvalue weighted by Crippen LogP contribution is -2.29. The molecule has 4 aromatic rings. The minimum absolute atomic E-state index is 0.425. The second kappa shape index (κ2) is 8.55. The molecule has 1 aliphatic rings. The Kier molecular flexibility index (Phi) is 5.45. The first-order valence-electron chi connectivity index (χ1n) is 10.7. The highest BCUT2D eigenvalue weighted by atomic mass is 16.5. The topological polar surface area (TPSA) is 83.6 Å². The van der Waals surface area contributed by atoms with Crippen molar-refractivity contribution in [2.24, 2.45) is 0 Å².